The Labute approximate surface area is 126 Å². The number of aryl methyl sites for hydroxylation is 1. The zero-order valence-corrected chi connectivity index (χ0v) is 13.3. The first-order valence-corrected chi connectivity index (χ1v) is 7.09. The van der Waals surface area contributed by atoms with Crippen LogP contribution in [0.2, 0.25) is 0 Å². The molecule has 1 aromatic heterocycles. The molecule has 0 saturated heterocycles. The van der Waals surface area contributed by atoms with Crippen molar-refractivity contribution < 1.29 is 9.32 Å². The summed E-state index contributed by atoms with van der Waals surface area (Å²) in [5.41, 5.74) is 1.44. The van der Waals surface area contributed by atoms with Gasteiger partial charge in [0.2, 0.25) is 0 Å². The van der Waals surface area contributed by atoms with E-state index in [4.69, 9.17) is 4.52 Å². The summed E-state index contributed by atoms with van der Waals surface area (Å²) in [6.07, 6.45) is 0. The lowest BCUT2D eigenvalue weighted by Gasteiger charge is -2.05. The van der Waals surface area contributed by atoms with Gasteiger partial charge in [0.25, 0.3) is 5.91 Å². The maximum atomic E-state index is 12.0. The molecule has 0 saturated carbocycles. The molecular formula is C12H10BrIN2O2. The van der Waals surface area contributed by atoms with Gasteiger partial charge in [-0.3, -0.25) is 4.79 Å². The van der Waals surface area contributed by atoms with Crippen LogP contribution in [0.25, 0.3) is 0 Å². The fraction of sp³-hybridized carbons (Fsp3) is 0.167. The van der Waals surface area contributed by atoms with Crippen LogP contribution in [0, 0.1) is 10.5 Å². The topological polar surface area (TPSA) is 55.1 Å². The molecule has 0 aliphatic heterocycles. The van der Waals surface area contributed by atoms with E-state index in [1.807, 2.05) is 19.1 Å². The van der Waals surface area contributed by atoms with E-state index in [-0.39, 0.29) is 5.91 Å². The number of carbonyl (C=O) groups is 1. The number of rotatable bonds is 3. The summed E-state index contributed by atoms with van der Waals surface area (Å²) in [5.74, 6) is 0.514. The molecule has 0 aliphatic rings. The van der Waals surface area contributed by atoms with Crippen molar-refractivity contribution in [3.63, 3.8) is 0 Å². The van der Waals surface area contributed by atoms with Crippen molar-refractivity contribution >= 4 is 44.4 Å². The Balaban J connectivity index is 2.05. The van der Waals surface area contributed by atoms with Gasteiger partial charge in [-0.15, -0.1) is 0 Å². The second-order valence-electron chi connectivity index (χ2n) is 3.74. The van der Waals surface area contributed by atoms with E-state index in [2.05, 4.69) is 49.0 Å². The molecule has 6 heteroatoms. The summed E-state index contributed by atoms with van der Waals surface area (Å²) in [6, 6.07) is 7.38. The lowest BCUT2D eigenvalue weighted by molar-refractivity contribution is 0.0946. The fourth-order valence-corrected chi connectivity index (χ4v) is 2.38. The van der Waals surface area contributed by atoms with Gasteiger partial charge in [0.1, 0.15) is 0 Å². The minimum atomic E-state index is -0.130. The minimum absolute atomic E-state index is 0.130. The standard InChI is InChI=1S/C12H10BrIN2O2/c1-7-4-9(18-16-7)6-15-12(17)10-5-8(13)2-3-11(10)14/h2-5H,6H2,1H3,(H,15,17). The van der Waals surface area contributed by atoms with Gasteiger partial charge in [-0.1, -0.05) is 21.1 Å². The SMILES string of the molecule is Cc1cc(CNC(=O)c2cc(Br)ccc2I)on1. The van der Waals surface area contributed by atoms with Gasteiger partial charge in [-0.25, -0.2) is 0 Å². The summed E-state index contributed by atoms with van der Waals surface area (Å²) in [6.45, 7) is 2.17. The lowest BCUT2D eigenvalue weighted by Crippen LogP contribution is -2.23. The summed E-state index contributed by atoms with van der Waals surface area (Å²) < 4.78 is 6.81. The first-order valence-electron chi connectivity index (χ1n) is 5.21. The molecule has 1 aromatic carbocycles. The Morgan fingerprint density at radius 2 is 2.28 bits per heavy atom. The quantitative estimate of drug-likeness (QED) is 0.775. The maximum absolute atomic E-state index is 12.0. The van der Waals surface area contributed by atoms with Crippen molar-refractivity contribution in [2.75, 3.05) is 0 Å². The zero-order chi connectivity index (χ0) is 13.1. The second-order valence-corrected chi connectivity index (χ2v) is 5.82. The van der Waals surface area contributed by atoms with Crippen molar-refractivity contribution in [3.05, 3.63) is 49.3 Å². The highest BCUT2D eigenvalue weighted by Crippen LogP contribution is 2.18. The number of carbonyl (C=O) groups excluding carboxylic acids is 1. The highest BCUT2D eigenvalue weighted by Gasteiger charge is 2.11. The highest BCUT2D eigenvalue weighted by atomic mass is 127. The monoisotopic (exact) mass is 420 g/mol. The van der Waals surface area contributed by atoms with Gasteiger partial charge in [-0.2, -0.15) is 0 Å². The number of amides is 1. The summed E-state index contributed by atoms with van der Waals surface area (Å²) in [7, 11) is 0. The molecule has 0 spiro atoms. The molecule has 0 bridgehead atoms. The predicted molar refractivity (Wildman–Crippen MR) is 79.3 cm³/mol. The molecule has 4 nitrogen and oxygen atoms in total. The molecule has 0 fully saturated rings. The van der Waals surface area contributed by atoms with Crippen LogP contribution < -0.4 is 5.32 Å². The van der Waals surface area contributed by atoms with Gasteiger partial charge in [-0.05, 0) is 47.7 Å². The number of hydrogen-bond donors (Lipinski definition) is 1. The minimum Gasteiger partial charge on any atom is -0.359 e. The number of nitrogens with one attached hydrogen (secondary N) is 1. The van der Waals surface area contributed by atoms with E-state index >= 15 is 0 Å². The third-order valence-electron chi connectivity index (χ3n) is 2.27. The van der Waals surface area contributed by atoms with Crippen LogP contribution >= 0.6 is 38.5 Å². The van der Waals surface area contributed by atoms with E-state index in [1.54, 1.807) is 12.1 Å². The molecule has 1 heterocycles. The smallest absolute Gasteiger partial charge is 0.252 e. The first kappa shape index (κ1) is 13.5. The van der Waals surface area contributed by atoms with Crippen molar-refractivity contribution in [2.45, 2.75) is 13.5 Å². The largest absolute Gasteiger partial charge is 0.359 e. The van der Waals surface area contributed by atoms with Gasteiger partial charge >= 0.3 is 0 Å². The van der Waals surface area contributed by atoms with E-state index in [1.165, 1.54) is 0 Å². The highest BCUT2D eigenvalue weighted by molar-refractivity contribution is 14.1. The van der Waals surface area contributed by atoms with Crippen molar-refractivity contribution in [2.24, 2.45) is 0 Å². The predicted octanol–water partition coefficient (Wildman–Crippen LogP) is 3.28. The van der Waals surface area contributed by atoms with E-state index < -0.39 is 0 Å². The number of benzene rings is 1. The van der Waals surface area contributed by atoms with Crippen molar-refractivity contribution in [3.8, 4) is 0 Å². The molecule has 0 unspecified atom stereocenters. The van der Waals surface area contributed by atoms with Gasteiger partial charge in [0, 0.05) is 14.1 Å². The summed E-state index contributed by atoms with van der Waals surface area (Å²) in [5, 5.41) is 6.56. The Hall–Kier alpha value is -0.890. The third kappa shape index (κ3) is 3.32. The lowest BCUT2D eigenvalue weighted by atomic mass is 10.2. The van der Waals surface area contributed by atoms with Gasteiger partial charge < -0.3 is 9.84 Å². The molecule has 18 heavy (non-hydrogen) atoms. The van der Waals surface area contributed by atoms with E-state index in [9.17, 15) is 4.79 Å². The Morgan fingerprint density at radius 3 is 2.94 bits per heavy atom. The molecule has 0 radical (unpaired) electrons. The van der Waals surface area contributed by atoms with Gasteiger partial charge in [0.15, 0.2) is 5.76 Å². The zero-order valence-electron chi connectivity index (χ0n) is 9.54. The van der Waals surface area contributed by atoms with E-state index in [0.717, 1.165) is 13.7 Å². The summed E-state index contributed by atoms with van der Waals surface area (Å²) >= 11 is 5.49. The number of halogens is 2. The van der Waals surface area contributed by atoms with Gasteiger partial charge in [0.05, 0.1) is 17.8 Å². The normalized spacial score (nSPS) is 10.4. The fourth-order valence-electron chi connectivity index (χ4n) is 1.43. The molecule has 2 aromatic rings. The van der Waals surface area contributed by atoms with Crippen LogP contribution in [0.1, 0.15) is 21.8 Å². The molecule has 0 atom stereocenters. The van der Waals surface area contributed by atoms with Crippen LogP contribution in [-0.2, 0) is 6.54 Å². The second kappa shape index (κ2) is 5.83. The Kier molecular flexibility index (Phi) is 4.39. The number of hydrogen-bond acceptors (Lipinski definition) is 3. The first-order chi connectivity index (χ1) is 8.56. The average molecular weight is 421 g/mol. The Morgan fingerprint density at radius 1 is 1.50 bits per heavy atom. The summed E-state index contributed by atoms with van der Waals surface area (Å²) in [4.78, 5) is 12.0. The van der Waals surface area contributed by atoms with E-state index in [0.29, 0.717) is 17.9 Å². The molecular weight excluding hydrogens is 411 g/mol. The van der Waals surface area contributed by atoms with Crippen molar-refractivity contribution in [1.82, 2.24) is 10.5 Å². The third-order valence-corrected chi connectivity index (χ3v) is 3.71. The molecule has 1 N–H and O–H groups in total. The number of aromatic nitrogens is 1. The van der Waals surface area contributed by atoms with Crippen molar-refractivity contribution in [1.29, 1.82) is 0 Å². The van der Waals surface area contributed by atoms with Crippen LogP contribution in [0.5, 0.6) is 0 Å². The van der Waals surface area contributed by atoms with Crippen LogP contribution in [0.3, 0.4) is 0 Å². The van der Waals surface area contributed by atoms with Crippen LogP contribution in [0.4, 0.5) is 0 Å². The maximum Gasteiger partial charge on any atom is 0.252 e. The molecule has 2 rings (SSSR count). The average Bonchev–Trinajstić information content (AvgIpc) is 2.75. The molecule has 1 amide bonds. The molecule has 0 aliphatic carbocycles. The van der Waals surface area contributed by atoms with Crippen LogP contribution in [0.15, 0.2) is 33.3 Å². The van der Waals surface area contributed by atoms with Crippen LogP contribution in [-0.4, -0.2) is 11.1 Å². The molecule has 94 valence electrons. The number of nitrogens with zero attached hydrogens (tertiary/aromatic N) is 1. The Bertz CT molecular complexity index is 583.